The van der Waals surface area contributed by atoms with Crippen molar-refractivity contribution in [3.63, 3.8) is 0 Å². The molecule has 2 aliphatic rings. The standard InChI is InChI=1S/C27H25N7O/c28-14-19(13-17-10-11-17)27(35)33-12-4-7-20(15-33)34-26-23(25(29)30-16-31-26)24(32-34)22-9-3-6-18-5-1-2-8-21(18)22/h1-3,5-6,8-9,13,16-17,20H,4,7,10-12,15H2,(H2,29,30,31)/b19-13+/t20-/m0/s1. The molecule has 1 aliphatic heterocycles. The summed E-state index contributed by atoms with van der Waals surface area (Å²) in [4.78, 5) is 23.7. The molecule has 8 nitrogen and oxygen atoms in total. The lowest BCUT2D eigenvalue weighted by atomic mass is 10.0. The van der Waals surface area contributed by atoms with Gasteiger partial charge in [0.2, 0.25) is 0 Å². The van der Waals surface area contributed by atoms with Gasteiger partial charge in [-0.3, -0.25) is 4.79 Å². The number of anilines is 1. The average Bonchev–Trinajstić information content (AvgIpc) is 3.64. The number of likely N-dealkylation sites (tertiary alicyclic amines) is 1. The minimum atomic E-state index is -0.191. The second kappa shape index (κ2) is 8.51. The molecule has 35 heavy (non-hydrogen) atoms. The molecule has 0 spiro atoms. The van der Waals surface area contributed by atoms with Crippen LogP contribution in [-0.2, 0) is 4.79 Å². The highest BCUT2D eigenvalue weighted by molar-refractivity contribution is 6.06. The molecular formula is C27H25N7O. The minimum Gasteiger partial charge on any atom is -0.383 e. The lowest BCUT2D eigenvalue weighted by Crippen LogP contribution is -2.41. The number of benzene rings is 2. The Labute approximate surface area is 202 Å². The van der Waals surface area contributed by atoms with E-state index in [1.54, 1.807) is 4.90 Å². The van der Waals surface area contributed by atoms with E-state index in [-0.39, 0.29) is 17.5 Å². The highest BCUT2D eigenvalue weighted by Crippen LogP contribution is 2.37. The molecule has 0 unspecified atom stereocenters. The molecule has 1 amide bonds. The van der Waals surface area contributed by atoms with Crippen molar-refractivity contribution in [2.45, 2.75) is 31.7 Å². The van der Waals surface area contributed by atoms with E-state index in [2.05, 4.69) is 34.2 Å². The maximum atomic E-state index is 13.1. The zero-order valence-corrected chi connectivity index (χ0v) is 19.3. The monoisotopic (exact) mass is 463 g/mol. The Morgan fingerprint density at radius 1 is 1.11 bits per heavy atom. The van der Waals surface area contributed by atoms with Crippen molar-refractivity contribution < 1.29 is 4.79 Å². The van der Waals surface area contributed by atoms with Crippen LogP contribution in [0.2, 0.25) is 0 Å². The summed E-state index contributed by atoms with van der Waals surface area (Å²) in [6, 6.07) is 16.3. The van der Waals surface area contributed by atoms with Gasteiger partial charge in [-0.05, 0) is 42.4 Å². The third-order valence-electron chi connectivity index (χ3n) is 6.97. The third-order valence-corrected chi connectivity index (χ3v) is 6.97. The molecule has 1 aliphatic carbocycles. The molecule has 4 aromatic rings. The summed E-state index contributed by atoms with van der Waals surface area (Å²) in [5.41, 5.74) is 8.98. The summed E-state index contributed by atoms with van der Waals surface area (Å²) >= 11 is 0. The molecular weight excluding hydrogens is 438 g/mol. The summed E-state index contributed by atoms with van der Waals surface area (Å²) < 4.78 is 1.90. The minimum absolute atomic E-state index is 0.0749. The number of allylic oxidation sites excluding steroid dienone is 1. The van der Waals surface area contributed by atoms with Gasteiger partial charge >= 0.3 is 0 Å². The van der Waals surface area contributed by atoms with Crippen LogP contribution in [-0.4, -0.2) is 43.6 Å². The van der Waals surface area contributed by atoms with Gasteiger partial charge in [0.25, 0.3) is 5.91 Å². The molecule has 2 fully saturated rings. The molecule has 8 heteroatoms. The number of nitrogen functional groups attached to an aromatic ring is 1. The van der Waals surface area contributed by atoms with Crippen LogP contribution < -0.4 is 5.73 Å². The molecule has 2 N–H and O–H groups in total. The number of aromatic nitrogens is 4. The van der Waals surface area contributed by atoms with Crippen molar-refractivity contribution in [3.8, 4) is 17.3 Å². The summed E-state index contributed by atoms with van der Waals surface area (Å²) in [5.74, 6) is 0.559. The van der Waals surface area contributed by atoms with E-state index in [1.165, 1.54) is 6.33 Å². The van der Waals surface area contributed by atoms with Crippen LogP contribution in [0.1, 0.15) is 31.7 Å². The first-order valence-corrected chi connectivity index (χ1v) is 12.0. The summed E-state index contributed by atoms with van der Waals surface area (Å²) in [5, 5.41) is 17.5. The zero-order valence-electron chi connectivity index (χ0n) is 19.3. The first-order chi connectivity index (χ1) is 17.1. The Hall–Kier alpha value is -4.25. The fraction of sp³-hybridized carbons (Fsp3) is 0.296. The van der Waals surface area contributed by atoms with Crippen LogP contribution in [0, 0.1) is 17.2 Å². The van der Waals surface area contributed by atoms with Crippen molar-refractivity contribution in [1.29, 1.82) is 5.26 Å². The van der Waals surface area contributed by atoms with Crippen LogP contribution in [0.3, 0.4) is 0 Å². The number of piperidine rings is 1. The summed E-state index contributed by atoms with van der Waals surface area (Å²) in [6.45, 7) is 1.10. The SMILES string of the molecule is N#C/C(=C\C1CC1)C(=O)N1CCC[C@H](n2nc(-c3cccc4ccccc34)c3c(N)ncnc32)C1. The molecule has 3 heterocycles. The highest BCUT2D eigenvalue weighted by Gasteiger charge is 2.31. The van der Waals surface area contributed by atoms with Crippen LogP contribution >= 0.6 is 0 Å². The molecule has 174 valence electrons. The Kier molecular flexibility index (Phi) is 5.18. The Balaban J connectivity index is 1.42. The second-order valence-corrected chi connectivity index (χ2v) is 9.35. The topological polar surface area (TPSA) is 114 Å². The smallest absolute Gasteiger partial charge is 0.264 e. The predicted octanol–water partition coefficient (Wildman–Crippen LogP) is 4.25. The number of carbonyl (C=O) groups is 1. The zero-order chi connectivity index (χ0) is 23.9. The number of nitrogens with two attached hydrogens (primary N) is 1. The van der Waals surface area contributed by atoms with Crippen molar-refractivity contribution >= 4 is 33.5 Å². The molecule has 0 radical (unpaired) electrons. The third kappa shape index (κ3) is 3.79. The fourth-order valence-corrected chi connectivity index (χ4v) is 5.03. The highest BCUT2D eigenvalue weighted by atomic mass is 16.2. The van der Waals surface area contributed by atoms with E-state index >= 15 is 0 Å². The van der Waals surface area contributed by atoms with Gasteiger partial charge in [-0.15, -0.1) is 0 Å². The van der Waals surface area contributed by atoms with Crippen LogP contribution in [0.4, 0.5) is 5.82 Å². The maximum absolute atomic E-state index is 13.1. The number of fused-ring (bicyclic) bond motifs is 2. The molecule has 2 aromatic heterocycles. The van der Waals surface area contributed by atoms with E-state index in [0.29, 0.717) is 30.5 Å². The lowest BCUT2D eigenvalue weighted by molar-refractivity contribution is -0.128. The number of hydrogen-bond acceptors (Lipinski definition) is 6. The number of nitrogens with zero attached hydrogens (tertiary/aromatic N) is 6. The van der Waals surface area contributed by atoms with Gasteiger partial charge in [0.15, 0.2) is 5.65 Å². The number of amides is 1. The predicted molar refractivity (Wildman–Crippen MR) is 134 cm³/mol. The number of rotatable bonds is 4. The van der Waals surface area contributed by atoms with Crippen molar-refractivity contribution in [2.75, 3.05) is 18.8 Å². The lowest BCUT2D eigenvalue weighted by Gasteiger charge is -2.32. The van der Waals surface area contributed by atoms with Gasteiger partial charge in [0, 0.05) is 18.7 Å². The van der Waals surface area contributed by atoms with Crippen molar-refractivity contribution in [2.24, 2.45) is 5.92 Å². The number of hydrogen-bond donors (Lipinski definition) is 1. The van der Waals surface area contributed by atoms with E-state index in [4.69, 9.17) is 10.8 Å². The first-order valence-electron chi connectivity index (χ1n) is 12.0. The molecule has 2 aromatic carbocycles. The van der Waals surface area contributed by atoms with E-state index in [9.17, 15) is 10.1 Å². The van der Waals surface area contributed by atoms with Gasteiger partial charge in [-0.25, -0.2) is 14.6 Å². The fourth-order valence-electron chi connectivity index (χ4n) is 5.03. The van der Waals surface area contributed by atoms with Gasteiger partial charge < -0.3 is 10.6 Å². The van der Waals surface area contributed by atoms with Gasteiger partial charge in [-0.1, -0.05) is 48.5 Å². The molecule has 6 rings (SSSR count). The molecule has 1 saturated carbocycles. The van der Waals surface area contributed by atoms with Crippen LogP contribution in [0.25, 0.3) is 33.1 Å². The second-order valence-electron chi connectivity index (χ2n) is 9.35. The Morgan fingerprint density at radius 3 is 2.77 bits per heavy atom. The molecule has 0 bridgehead atoms. The summed E-state index contributed by atoms with van der Waals surface area (Å²) in [6.07, 6.45) is 7.08. The maximum Gasteiger partial charge on any atom is 0.264 e. The van der Waals surface area contributed by atoms with Gasteiger partial charge in [0.05, 0.1) is 11.4 Å². The van der Waals surface area contributed by atoms with E-state index in [1.807, 2.05) is 35.0 Å². The van der Waals surface area contributed by atoms with E-state index < -0.39 is 0 Å². The Bertz CT molecular complexity index is 1520. The molecule has 1 saturated heterocycles. The quantitative estimate of drug-likeness (QED) is 0.357. The van der Waals surface area contributed by atoms with Gasteiger partial charge in [0.1, 0.15) is 29.5 Å². The summed E-state index contributed by atoms with van der Waals surface area (Å²) in [7, 11) is 0. The molecule has 1 atom stereocenters. The number of carbonyl (C=O) groups excluding carboxylic acids is 1. The Morgan fingerprint density at radius 2 is 1.94 bits per heavy atom. The van der Waals surface area contributed by atoms with Crippen molar-refractivity contribution in [3.05, 3.63) is 60.4 Å². The van der Waals surface area contributed by atoms with Crippen molar-refractivity contribution in [1.82, 2.24) is 24.6 Å². The first kappa shape index (κ1) is 21.3. The normalized spacial score (nSPS) is 18.7. The van der Waals surface area contributed by atoms with E-state index in [0.717, 1.165) is 53.1 Å². The number of nitriles is 1. The van der Waals surface area contributed by atoms with Crippen LogP contribution in [0.15, 0.2) is 60.4 Å². The average molecular weight is 464 g/mol. The van der Waals surface area contributed by atoms with Gasteiger partial charge in [-0.2, -0.15) is 10.4 Å². The van der Waals surface area contributed by atoms with Crippen LogP contribution in [0.5, 0.6) is 0 Å². The largest absolute Gasteiger partial charge is 0.383 e.